The average Bonchev–Trinajstić information content (AvgIpc) is 3.08. The molecular weight excluding hydrogens is 344 g/mol. The van der Waals surface area contributed by atoms with Crippen LogP contribution in [0.25, 0.3) is 0 Å². The number of ether oxygens (including phenoxy) is 1. The van der Waals surface area contributed by atoms with Gasteiger partial charge in [0.25, 0.3) is 0 Å². The Hall–Kier alpha value is -1.24. The molecule has 4 rings (SSSR count). The highest BCUT2D eigenvalue weighted by atomic mass is 32.1. The van der Waals surface area contributed by atoms with Crippen LogP contribution in [0.15, 0.2) is 0 Å². The van der Waals surface area contributed by atoms with E-state index in [0.29, 0.717) is 11.5 Å². The first-order chi connectivity index (χ1) is 12.3. The molecule has 2 aliphatic rings. The van der Waals surface area contributed by atoms with E-state index >= 15 is 0 Å². The zero-order chi connectivity index (χ0) is 18.5. The largest absolute Gasteiger partial charge is 0.378 e. The van der Waals surface area contributed by atoms with Crippen molar-refractivity contribution in [2.24, 2.45) is 5.41 Å². The van der Waals surface area contributed by atoms with Crippen LogP contribution < -0.4 is 0 Å². The minimum Gasteiger partial charge on any atom is -0.378 e. The Morgan fingerprint density at radius 1 is 1.31 bits per heavy atom. The summed E-state index contributed by atoms with van der Waals surface area (Å²) in [5.41, 5.74) is 5.43. The second-order valence-corrected chi connectivity index (χ2v) is 9.80. The molecule has 6 heteroatoms. The molecule has 1 unspecified atom stereocenters. The van der Waals surface area contributed by atoms with Crippen molar-refractivity contribution in [1.29, 1.82) is 0 Å². The van der Waals surface area contributed by atoms with Crippen molar-refractivity contribution in [3.8, 4) is 0 Å². The Bertz CT molecular complexity index is 807. The monoisotopic (exact) mass is 374 g/mol. The Balaban J connectivity index is 1.58. The van der Waals surface area contributed by atoms with Gasteiger partial charge in [-0.15, -0.1) is 11.3 Å². The smallest absolute Gasteiger partial charge is 0.115 e. The van der Waals surface area contributed by atoms with Gasteiger partial charge < -0.3 is 4.74 Å². The van der Waals surface area contributed by atoms with Crippen molar-refractivity contribution in [3.63, 3.8) is 0 Å². The van der Waals surface area contributed by atoms with E-state index in [4.69, 9.17) is 14.8 Å². The van der Waals surface area contributed by atoms with Crippen molar-refractivity contribution in [2.45, 2.75) is 59.5 Å². The third-order valence-corrected chi connectivity index (χ3v) is 7.03. The quantitative estimate of drug-likeness (QED) is 0.824. The Kier molecular flexibility index (Phi) is 4.70. The van der Waals surface area contributed by atoms with Crippen LogP contribution in [0.3, 0.4) is 0 Å². The fraction of sp³-hybridized carbons (Fsp3) is 0.700. The summed E-state index contributed by atoms with van der Waals surface area (Å²) < 4.78 is 7.87. The van der Waals surface area contributed by atoms with Gasteiger partial charge in [-0.25, -0.2) is 4.98 Å². The number of likely N-dealkylation sites (N-methyl/N-ethyl adjacent to an activating group) is 1. The van der Waals surface area contributed by atoms with Gasteiger partial charge in [0.1, 0.15) is 5.01 Å². The molecule has 142 valence electrons. The molecule has 1 aliphatic heterocycles. The van der Waals surface area contributed by atoms with Crippen LogP contribution in [0, 0.1) is 19.3 Å². The molecule has 3 heterocycles. The van der Waals surface area contributed by atoms with Crippen molar-refractivity contribution in [1.82, 2.24) is 19.7 Å². The molecule has 1 atom stereocenters. The molecular formula is C20H30N4OS. The maximum Gasteiger partial charge on any atom is 0.115 e. The average molecular weight is 375 g/mol. The number of hydrogen-bond donors (Lipinski definition) is 0. The van der Waals surface area contributed by atoms with Gasteiger partial charge in [0, 0.05) is 22.7 Å². The molecule has 0 saturated carbocycles. The summed E-state index contributed by atoms with van der Waals surface area (Å²) in [6.45, 7) is 12.4. The van der Waals surface area contributed by atoms with Gasteiger partial charge in [-0.3, -0.25) is 9.58 Å². The van der Waals surface area contributed by atoms with Crippen LogP contribution >= 0.6 is 11.3 Å². The maximum atomic E-state index is 5.73. The van der Waals surface area contributed by atoms with Gasteiger partial charge in [0.05, 0.1) is 37.2 Å². The number of nitrogens with zero attached hydrogens (tertiary/aromatic N) is 4. The first-order valence-corrected chi connectivity index (χ1v) is 10.4. The number of hydrogen-bond acceptors (Lipinski definition) is 5. The highest BCUT2D eigenvalue weighted by Crippen LogP contribution is 2.37. The molecule has 26 heavy (non-hydrogen) atoms. The summed E-state index contributed by atoms with van der Waals surface area (Å²) in [6.07, 6.45) is 3.51. The van der Waals surface area contributed by atoms with Crippen molar-refractivity contribution >= 4 is 11.3 Å². The van der Waals surface area contributed by atoms with Gasteiger partial charge in [0.15, 0.2) is 0 Å². The zero-order valence-corrected chi connectivity index (χ0v) is 17.4. The highest BCUT2D eigenvalue weighted by Gasteiger charge is 2.29. The van der Waals surface area contributed by atoms with Crippen LogP contribution in [0.2, 0.25) is 0 Å². The standard InChI is InChI=1S/C20H30N4OS/c1-13-19(16-12-25-9-8-23(16)5)14(2)24(22-13)11-18-21-15-6-7-20(3,4)10-17(15)26-18/h16H,6-12H2,1-5H3. The number of morpholine rings is 1. The predicted molar refractivity (Wildman–Crippen MR) is 105 cm³/mol. The molecule has 0 bridgehead atoms. The minimum absolute atomic E-state index is 0.308. The second kappa shape index (κ2) is 6.73. The first-order valence-electron chi connectivity index (χ1n) is 9.63. The lowest BCUT2D eigenvalue weighted by Gasteiger charge is -2.32. The van der Waals surface area contributed by atoms with Crippen molar-refractivity contribution in [3.05, 3.63) is 32.5 Å². The van der Waals surface area contributed by atoms with Gasteiger partial charge in [-0.1, -0.05) is 13.8 Å². The second-order valence-electron chi connectivity index (χ2n) is 8.63. The van der Waals surface area contributed by atoms with E-state index in [1.54, 1.807) is 0 Å². The van der Waals surface area contributed by atoms with E-state index in [2.05, 4.69) is 44.3 Å². The molecule has 1 fully saturated rings. The fourth-order valence-electron chi connectivity index (χ4n) is 4.28. The molecule has 0 aromatic carbocycles. The Labute approximate surface area is 160 Å². The molecule has 1 saturated heterocycles. The number of thiazole rings is 1. The Morgan fingerprint density at radius 3 is 2.88 bits per heavy atom. The summed E-state index contributed by atoms with van der Waals surface area (Å²) in [4.78, 5) is 8.81. The third kappa shape index (κ3) is 3.35. The SMILES string of the molecule is Cc1nn(Cc2nc3c(s2)CC(C)(C)CC3)c(C)c1C1COCCN1C. The summed E-state index contributed by atoms with van der Waals surface area (Å²) in [7, 11) is 2.18. The summed E-state index contributed by atoms with van der Waals surface area (Å²) in [6, 6.07) is 0.308. The van der Waals surface area contributed by atoms with Crippen molar-refractivity contribution < 1.29 is 4.74 Å². The molecule has 5 nitrogen and oxygen atoms in total. The normalized spacial score (nSPS) is 23.2. The van der Waals surface area contributed by atoms with Gasteiger partial charge in [0.2, 0.25) is 0 Å². The third-order valence-electron chi connectivity index (χ3n) is 5.95. The molecule has 0 amide bonds. The van der Waals surface area contributed by atoms with Crippen LogP contribution in [-0.2, 0) is 24.1 Å². The summed E-state index contributed by atoms with van der Waals surface area (Å²) >= 11 is 1.89. The fourth-order valence-corrected chi connectivity index (χ4v) is 5.64. The van der Waals surface area contributed by atoms with Crippen LogP contribution in [0.4, 0.5) is 0 Å². The molecule has 1 aliphatic carbocycles. The lowest BCUT2D eigenvalue weighted by Crippen LogP contribution is -2.37. The Morgan fingerprint density at radius 2 is 2.12 bits per heavy atom. The van der Waals surface area contributed by atoms with Crippen LogP contribution in [-0.4, -0.2) is 46.5 Å². The molecule has 0 N–H and O–H groups in total. The van der Waals surface area contributed by atoms with E-state index in [0.717, 1.165) is 44.8 Å². The summed E-state index contributed by atoms with van der Waals surface area (Å²) in [5.74, 6) is 0. The van der Waals surface area contributed by atoms with Crippen LogP contribution in [0.1, 0.15) is 58.8 Å². The van der Waals surface area contributed by atoms with Gasteiger partial charge >= 0.3 is 0 Å². The maximum absolute atomic E-state index is 5.73. The molecule has 0 spiro atoms. The number of fused-ring (bicyclic) bond motifs is 1. The van der Waals surface area contributed by atoms with E-state index in [1.807, 2.05) is 11.3 Å². The molecule has 2 aromatic rings. The number of aromatic nitrogens is 3. The van der Waals surface area contributed by atoms with Crippen LogP contribution in [0.5, 0.6) is 0 Å². The van der Waals surface area contributed by atoms with Gasteiger partial charge in [-0.2, -0.15) is 5.10 Å². The highest BCUT2D eigenvalue weighted by molar-refractivity contribution is 7.11. The van der Waals surface area contributed by atoms with E-state index in [9.17, 15) is 0 Å². The first kappa shape index (κ1) is 18.1. The lowest BCUT2D eigenvalue weighted by molar-refractivity contribution is 0.00457. The topological polar surface area (TPSA) is 43.2 Å². The number of aryl methyl sites for hydroxylation is 2. The number of rotatable bonds is 3. The van der Waals surface area contributed by atoms with E-state index in [-0.39, 0.29) is 0 Å². The zero-order valence-electron chi connectivity index (χ0n) is 16.6. The van der Waals surface area contributed by atoms with Crippen molar-refractivity contribution in [2.75, 3.05) is 26.8 Å². The van der Waals surface area contributed by atoms with Gasteiger partial charge in [-0.05, 0) is 45.6 Å². The predicted octanol–water partition coefficient (Wildman–Crippen LogP) is 3.52. The van der Waals surface area contributed by atoms with E-state index in [1.165, 1.54) is 33.3 Å². The van der Waals surface area contributed by atoms with E-state index < -0.39 is 0 Å². The lowest BCUT2D eigenvalue weighted by atomic mass is 9.79. The molecule has 0 radical (unpaired) electrons. The minimum atomic E-state index is 0.308. The summed E-state index contributed by atoms with van der Waals surface area (Å²) in [5, 5.41) is 6.04. The molecule has 2 aromatic heterocycles.